The van der Waals surface area contributed by atoms with Gasteiger partial charge in [-0.25, -0.2) is 14.8 Å². The summed E-state index contributed by atoms with van der Waals surface area (Å²) >= 11 is 0. The summed E-state index contributed by atoms with van der Waals surface area (Å²) in [5.41, 5.74) is 0.605. The molecule has 5 nitrogen and oxygen atoms in total. The second-order valence-electron chi connectivity index (χ2n) is 2.66. The van der Waals surface area contributed by atoms with E-state index in [-0.39, 0.29) is 5.69 Å². The van der Waals surface area contributed by atoms with Crippen LogP contribution in [-0.4, -0.2) is 26.0 Å². The average Bonchev–Trinajstić information content (AvgIpc) is 2.49. The van der Waals surface area contributed by atoms with E-state index in [0.717, 1.165) is 0 Å². The van der Waals surface area contributed by atoms with E-state index in [9.17, 15) is 4.79 Å². The van der Waals surface area contributed by atoms with E-state index in [1.165, 1.54) is 0 Å². The Hall–Kier alpha value is -1.91. The van der Waals surface area contributed by atoms with Crippen LogP contribution in [0.25, 0.3) is 11.0 Å². The van der Waals surface area contributed by atoms with Crippen LogP contribution < -0.4 is 0 Å². The van der Waals surface area contributed by atoms with Crippen molar-refractivity contribution in [2.75, 3.05) is 0 Å². The Kier molecular flexibility index (Phi) is 1.51. The van der Waals surface area contributed by atoms with Crippen LogP contribution in [0.3, 0.4) is 0 Å². The third-order valence-electron chi connectivity index (χ3n) is 1.73. The van der Waals surface area contributed by atoms with Crippen molar-refractivity contribution in [2.45, 2.75) is 6.92 Å². The van der Waals surface area contributed by atoms with Gasteiger partial charge in [0.25, 0.3) is 0 Å². The fraction of sp³-hybridized carbons (Fsp3) is 0.125. The van der Waals surface area contributed by atoms with Gasteiger partial charge < -0.3 is 10.1 Å². The second kappa shape index (κ2) is 2.55. The zero-order valence-electron chi connectivity index (χ0n) is 6.90. The molecule has 5 heteroatoms. The van der Waals surface area contributed by atoms with Gasteiger partial charge in [0.1, 0.15) is 11.5 Å². The Balaban J connectivity index is 2.84. The number of rotatable bonds is 1. The number of nitrogens with one attached hydrogen (secondary N) is 1. The average molecular weight is 177 g/mol. The first-order valence-corrected chi connectivity index (χ1v) is 3.73. The summed E-state index contributed by atoms with van der Waals surface area (Å²) in [6.45, 7) is 1.66. The van der Waals surface area contributed by atoms with Crippen molar-refractivity contribution in [2.24, 2.45) is 0 Å². The number of hydrogen-bond donors (Lipinski definition) is 2. The number of nitrogens with zero attached hydrogens (tertiary/aromatic N) is 2. The van der Waals surface area contributed by atoms with E-state index in [2.05, 4.69) is 15.0 Å². The van der Waals surface area contributed by atoms with Crippen LogP contribution in [0.1, 0.15) is 16.3 Å². The highest BCUT2D eigenvalue weighted by atomic mass is 16.4. The summed E-state index contributed by atoms with van der Waals surface area (Å²) in [7, 11) is 0. The molecule has 0 radical (unpaired) electrons. The van der Waals surface area contributed by atoms with E-state index in [1.807, 2.05) is 0 Å². The summed E-state index contributed by atoms with van der Waals surface area (Å²) in [5.74, 6) is -0.581. The SMILES string of the molecule is Cc1nc(C(=O)O)c2cc[nH]c2n1. The van der Waals surface area contributed by atoms with Gasteiger partial charge in [-0.2, -0.15) is 0 Å². The minimum atomic E-state index is -1.03. The number of aromatic nitrogens is 3. The fourth-order valence-electron chi connectivity index (χ4n) is 1.22. The highest BCUT2D eigenvalue weighted by Crippen LogP contribution is 2.13. The molecule has 0 aliphatic carbocycles. The highest BCUT2D eigenvalue weighted by Gasteiger charge is 2.12. The number of H-pyrrole nitrogens is 1. The summed E-state index contributed by atoms with van der Waals surface area (Å²) in [6.07, 6.45) is 1.64. The third kappa shape index (κ3) is 1.14. The summed E-state index contributed by atoms with van der Waals surface area (Å²) in [4.78, 5) is 21.5. The smallest absolute Gasteiger partial charge is 0.355 e. The molecule has 0 bridgehead atoms. The molecule has 2 N–H and O–H groups in total. The number of aromatic carboxylic acids is 1. The van der Waals surface area contributed by atoms with E-state index in [1.54, 1.807) is 19.2 Å². The number of carboxylic acid groups (broad SMARTS) is 1. The van der Waals surface area contributed by atoms with Crippen LogP contribution in [0.4, 0.5) is 0 Å². The normalized spacial score (nSPS) is 10.5. The molecular formula is C8H7N3O2. The largest absolute Gasteiger partial charge is 0.476 e. The van der Waals surface area contributed by atoms with Gasteiger partial charge in [0.15, 0.2) is 5.69 Å². The minimum Gasteiger partial charge on any atom is -0.476 e. The van der Waals surface area contributed by atoms with Gasteiger partial charge in [0, 0.05) is 6.20 Å². The molecule has 0 saturated heterocycles. The van der Waals surface area contributed by atoms with Crippen molar-refractivity contribution in [1.29, 1.82) is 0 Å². The summed E-state index contributed by atoms with van der Waals surface area (Å²) in [6, 6.07) is 1.65. The summed E-state index contributed by atoms with van der Waals surface area (Å²) in [5, 5.41) is 9.36. The molecular weight excluding hydrogens is 170 g/mol. The van der Waals surface area contributed by atoms with Crippen LogP contribution in [-0.2, 0) is 0 Å². The number of fused-ring (bicyclic) bond motifs is 1. The van der Waals surface area contributed by atoms with Gasteiger partial charge in [0.2, 0.25) is 0 Å². The molecule has 0 aliphatic heterocycles. The maximum absolute atomic E-state index is 10.8. The Morgan fingerprint density at radius 1 is 1.54 bits per heavy atom. The lowest BCUT2D eigenvalue weighted by atomic mass is 10.3. The maximum atomic E-state index is 10.8. The molecule has 0 atom stereocenters. The number of carbonyl (C=O) groups is 1. The minimum absolute atomic E-state index is 0.0451. The van der Waals surface area contributed by atoms with Crippen molar-refractivity contribution < 1.29 is 9.90 Å². The number of aromatic amines is 1. The fourth-order valence-corrected chi connectivity index (χ4v) is 1.22. The van der Waals surface area contributed by atoms with Gasteiger partial charge in [-0.3, -0.25) is 0 Å². The standard InChI is InChI=1S/C8H7N3O2/c1-4-10-6(8(12)13)5-2-3-9-7(5)11-4/h2-3H,1H3,(H,12,13)(H,9,10,11). The van der Waals surface area contributed by atoms with Crippen LogP contribution in [0.5, 0.6) is 0 Å². The lowest BCUT2D eigenvalue weighted by Crippen LogP contribution is -2.03. The lowest BCUT2D eigenvalue weighted by Gasteiger charge is -1.97. The molecule has 0 aliphatic rings. The molecule has 13 heavy (non-hydrogen) atoms. The van der Waals surface area contributed by atoms with Crippen molar-refractivity contribution in [1.82, 2.24) is 15.0 Å². The van der Waals surface area contributed by atoms with Gasteiger partial charge >= 0.3 is 5.97 Å². The maximum Gasteiger partial charge on any atom is 0.355 e. The lowest BCUT2D eigenvalue weighted by molar-refractivity contribution is 0.0692. The Bertz CT molecular complexity index is 475. The molecule has 0 amide bonds. The van der Waals surface area contributed by atoms with Crippen LogP contribution >= 0.6 is 0 Å². The zero-order valence-corrected chi connectivity index (χ0v) is 6.90. The van der Waals surface area contributed by atoms with Gasteiger partial charge in [0.05, 0.1) is 5.39 Å². The molecule has 0 spiro atoms. The van der Waals surface area contributed by atoms with Crippen molar-refractivity contribution in [3.05, 3.63) is 23.8 Å². The van der Waals surface area contributed by atoms with E-state index in [4.69, 9.17) is 5.11 Å². The molecule has 2 rings (SSSR count). The first-order chi connectivity index (χ1) is 6.18. The van der Waals surface area contributed by atoms with Crippen molar-refractivity contribution in [3.63, 3.8) is 0 Å². The van der Waals surface area contributed by atoms with Crippen molar-refractivity contribution >= 4 is 17.0 Å². The quantitative estimate of drug-likeness (QED) is 0.680. The zero-order chi connectivity index (χ0) is 9.42. The molecule has 66 valence electrons. The Morgan fingerprint density at radius 3 is 3.00 bits per heavy atom. The van der Waals surface area contributed by atoms with Crippen LogP contribution in [0.2, 0.25) is 0 Å². The van der Waals surface area contributed by atoms with E-state index in [0.29, 0.717) is 16.9 Å². The van der Waals surface area contributed by atoms with Crippen LogP contribution in [0, 0.1) is 6.92 Å². The predicted molar refractivity (Wildman–Crippen MR) is 45.6 cm³/mol. The van der Waals surface area contributed by atoms with Gasteiger partial charge in [-0.1, -0.05) is 0 Å². The second-order valence-corrected chi connectivity index (χ2v) is 2.66. The summed E-state index contributed by atoms with van der Waals surface area (Å²) < 4.78 is 0. The molecule has 2 aromatic heterocycles. The number of carboxylic acids is 1. The Labute approximate surface area is 73.4 Å². The van der Waals surface area contributed by atoms with E-state index < -0.39 is 5.97 Å². The topological polar surface area (TPSA) is 78.9 Å². The predicted octanol–water partition coefficient (Wildman–Crippen LogP) is 0.965. The van der Waals surface area contributed by atoms with Crippen LogP contribution in [0.15, 0.2) is 12.3 Å². The highest BCUT2D eigenvalue weighted by molar-refractivity contribution is 5.99. The third-order valence-corrected chi connectivity index (χ3v) is 1.73. The molecule has 0 fully saturated rings. The molecule has 2 aromatic rings. The van der Waals surface area contributed by atoms with Gasteiger partial charge in [-0.15, -0.1) is 0 Å². The Morgan fingerprint density at radius 2 is 2.31 bits per heavy atom. The van der Waals surface area contributed by atoms with E-state index >= 15 is 0 Å². The first-order valence-electron chi connectivity index (χ1n) is 3.73. The molecule has 0 saturated carbocycles. The monoisotopic (exact) mass is 177 g/mol. The number of aryl methyl sites for hydroxylation is 1. The molecule has 0 aromatic carbocycles. The van der Waals surface area contributed by atoms with Gasteiger partial charge in [-0.05, 0) is 13.0 Å². The molecule has 2 heterocycles. The molecule has 0 unspecified atom stereocenters. The van der Waals surface area contributed by atoms with Crippen molar-refractivity contribution in [3.8, 4) is 0 Å². The first kappa shape index (κ1) is 7.72. The number of hydrogen-bond acceptors (Lipinski definition) is 3.